The van der Waals surface area contributed by atoms with E-state index < -0.39 is 0 Å². The third-order valence-electron chi connectivity index (χ3n) is 4.64. The summed E-state index contributed by atoms with van der Waals surface area (Å²) in [6, 6.07) is 5.63. The number of Topliss-reactive ketones (excluding diaryl/α,β-unsaturated/α-hetero) is 1. The third-order valence-corrected chi connectivity index (χ3v) is 4.97. The Labute approximate surface area is 137 Å². The Kier molecular flexibility index (Phi) is 4.39. The van der Waals surface area contributed by atoms with Crippen molar-refractivity contribution in [3.8, 4) is 0 Å². The molecule has 2 N–H and O–H groups in total. The first kappa shape index (κ1) is 15.4. The maximum Gasteiger partial charge on any atom is 0.163 e. The number of hydrogen-bond acceptors (Lipinski definition) is 2. The lowest BCUT2D eigenvalue weighted by Gasteiger charge is -2.11. The fourth-order valence-corrected chi connectivity index (χ4v) is 3.91. The smallest absolute Gasteiger partial charge is 0.163 e. The van der Waals surface area contributed by atoms with Crippen molar-refractivity contribution in [3.63, 3.8) is 0 Å². The zero-order valence-corrected chi connectivity index (χ0v) is 13.8. The number of nitrogen functional groups attached to an aromatic ring is 1. The van der Waals surface area contributed by atoms with Crippen LogP contribution in [0.15, 0.2) is 34.9 Å². The molecule has 3 heteroatoms. The van der Waals surface area contributed by atoms with Crippen LogP contribution in [-0.2, 0) is 4.79 Å². The van der Waals surface area contributed by atoms with Crippen molar-refractivity contribution >= 4 is 28.6 Å². The summed E-state index contributed by atoms with van der Waals surface area (Å²) in [5.74, 6) is 0.325. The van der Waals surface area contributed by atoms with Crippen LogP contribution in [0.3, 0.4) is 0 Å². The Balaban J connectivity index is 2.12. The van der Waals surface area contributed by atoms with Gasteiger partial charge in [-0.15, -0.1) is 0 Å². The fraction of sp³-hybridized carbons (Fsp3) is 0.421. The first-order valence-electron chi connectivity index (χ1n) is 8.14. The highest BCUT2D eigenvalue weighted by atomic mass is 35.5. The summed E-state index contributed by atoms with van der Waals surface area (Å²) in [5, 5.41) is 0.727. The van der Waals surface area contributed by atoms with Gasteiger partial charge in [-0.05, 0) is 67.0 Å². The number of carbonyl (C=O) groups excluding carboxylic acids is 1. The molecule has 1 aromatic carbocycles. The van der Waals surface area contributed by atoms with Crippen molar-refractivity contribution in [3.05, 3.63) is 45.5 Å². The van der Waals surface area contributed by atoms with Crippen molar-refractivity contribution < 1.29 is 4.79 Å². The van der Waals surface area contributed by atoms with E-state index in [-0.39, 0.29) is 0 Å². The fourth-order valence-electron chi connectivity index (χ4n) is 3.67. The van der Waals surface area contributed by atoms with Gasteiger partial charge < -0.3 is 5.73 Å². The number of halogens is 1. The summed E-state index contributed by atoms with van der Waals surface area (Å²) < 4.78 is 0. The molecule has 0 heterocycles. The maximum absolute atomic E-state index is 12.6. The monoisotopic (exact) mass is 315 g/mol. The number of fused-ring (bicyclic) bond motifs is 1. The second-order valence-corrected chi connectivity index (χ2v) is 6.64. The normalized spacial score (nSPS) is 18.7. The number of anilines is 1. The highest BCUT2D eigenvalue weighted by Gasteiger charge is 2.31. The molecule has 0 aliphatic heterocycles. The quantitative estimate of drug-likeness (QED) is 0.767. The summed E-state index contributed by atoms with van der Waals surface area (Å²) in [6.07, 6.45) is 6.65. The molecular formula is C19H22ClNO. The Bertz CT molecular complexity index is 685. The zero-order chi connectivity index (χ0) is 15.7. The lowest BCUT2D eigenvalue weighted by molar-refractivity contribution is -0.115. The van der Waals surface area contributed by atoms with Crippen LogP contribution in [0.2, 0.25) is 5.02 Å². The van der Waals surface area contributed by atoms with Gasteiger partial charge >= 0.3 is 0 Å². The van der Waals surface area contributed by atoms with Gasteiger partial charge in [-0.1, -0.05) is 30.5 Å². The van der Waals surface area contributed by atoms with E-state index in [0.717, 1.165) is 60.4 Å². The average molecular weight is 316 g/mol. The highest BCUT2D eigenvalue weighted by molar-refractivity contribution is 6.32. The standard InChI is InChI=1S/C19H22ClNO/c1-2-5-12-10-15(16-11-13(21)8-9-17(16)20)14-6-3-4-7-18(22)19(12)14/h8-9,11H,2-7,10,21H2,1H3. The zero-order valence-electron chi connectivity index (χ0n) is 13.0. The van der Waals surface area contributed by atoms with E-state index >= 15 is 0 Å². The summed E-state index contributed by atoms with van der Waals surface area (Å²) in [6.45, 7) is 2.17. The highest BCUT2D eigenvalue weighted by Crippen LogP contribution is 2.46. The van der Waals surface area contributed by atoms with Crippen molar-refractivity contribution in [1.29, 1.82) is 0 Å². The largest absolute Gasteiger partial charge is 0.399 e. The SMILES string of the molecule is CCCC1=C2C(=O)CCCCC2=C(c2cc(N)ccc2Cl)C1. The Hall–Kier alpha value is -1.54. The minimum Gasteiger partial charge on any atom is -0.399 e. The van der Waals surface area contributed by atoms with Gasteiger partial charge in [0.1, 0.15) is 0 Å². The van der Waals surface area contributed by atoms with Crippen molar-refractivity contribution in [2.45, 2.75) is 51.9 Å². The molecule has 0 unspecified atom stereocenters. The van der Waals surface area contributed by atoms with Crippen molar-refractivity contribution in [1.82, 2.24) is 0 Å². The molecule has 1 fully saturated rings. The molecule has 2 aliphatic rings. The molecule has 0 bridgehead atoms. The number of hydrogen-bond donors (Lipinski definition) is 1. The molecule has 0 radical (unpaired) electrons. The third kappa shape index (κ3) is 2.72. The maximum atomic E-state index is 12.6. The molecule has 2 nitrogen and oxygen atoms in total. The molecule has 116 valence electrons. The molecular weight excluding hydrogens is 294 g/mol. The average Bonchev–Trinajstić information content (AvgIpc) is 2.73. The van der Waals surface area contributed by atoms with E-state index in [1.54, 1.807) is 0 Å². The molecule has 0 aromatic heterocycles. The van der Waals surface area contributed by atoms with Gasteiger partial charge in [-0.25, -0.2) is 0 Å². The van der Waals surface area contributed by atoms with Crippen LogP contribution >= 0.6 is 11.6 Å². The molecule has 22 heavy (non-hydrogen) atoms. The summed E-state index contributed by atoms with van der Waals surface area (Å²) in [4.78, 5) is 12.6. The van der Waals surface area contributed by atoms with Crippen LogP contribution in [0, 0.1) is 0 Å². The van der Waals surface area contributed by atoms with Gasteiger partial charge in [0.15, 0.2) is 5.78 Å². The molecule has 1 saturated carbocycles. The van der Waals surface area contributed by atoms with E-state index in [1.165, 1.54) is 16.7 Å². The van der Waals surface area contributed by atoms with Crippen LogP contribution in [0.5, 0.6) is 0 Å². The van der Waals surface area contributed by atoms with Crippen molar-refractivity contribution in [2.24, 2.45) is 0 Å². The number of ketones is 1. The second-order valence-electron chi connectivity index (χ2n) is 6.23. The minimum absolute atomic E-state index is 0.325. The van der Waals surface area contributed by atoms with Gasteiger partial charge in [0.05, 0.1) is 0 Å². The molecule has 2 aliphatic carbocycles. The van der Waals surface area contributed by atoms with Gasteiger partial charge in [-0.3, -0.25) is 4.79 Å². The van der Waals surface area contributed by atoms with Gasteiger partial charge in [0.2, 0.25) is 0 Å². The number of allylic oxidation sites excluding steroid dienone is 4. The number of carbonyl (C=O) groups is 1. The predicted molar refractivity (Wildman–Crippen MR) is 92.8 cm³/mol. The first-order chi connectivity index (χ1) is 10.6. The van der Waals surface area contributed by atoms with Gasteiger partial charge in [-0.2, -0.15) is 0 Å². The minimum atomic E-state index is 0.325. The summed E-state index contributed by atoms with van der Waals surface area (Å²) in [5.41, 5.74) is 12.5. The Morgan fingerprint density at radius 2 is 1.95 bits per heavy atom. The van der Waals surface area contributed by atoms with Crippen LogP contribution in [0.1, 0.15) is 57.4 Å². The first-order valence-corrected chi connectivity index (χ1v) is 8.52. The van der Waals surface area contributed by atoms with Crippen LogP contribution in [0.25, 0.3) is 5.57 Å². The molecule has 1 aromatic rings. The van der Waals surface area contributed by atoms with E-state index in [4.69, 9.17) is 17.3 Å². The molecule has 0 atom stereocenters. The van der Waals surface area contributed by atoms with Crippen LogP contribution in [0.4, 0.5) is 5.69 Å². The Morgan fingerprint density at radius 3 is 2.73 bits per heavy atom. The molecule has 3 rings (SSSR count). The Morgan fingerprint density at radius 1 is 1.18 bits per heavy atom. The molecule has 0 spiro atoms. The van der Waals surface area contributed by atoms with E-state index in [9.17, 15) is 4.79 Å². The lowest BCUT2D eigenvalue weighted by atomic mass is 9.95. The second kappa shape index (κ2) is 6.29. The van der Waals surface area contributed by atoms with Crippen molar-refractivity contribution in [2.75, 3.05) is 5.73 Å². The summed E-state index contributed by atoms with van der Waals surface area (Å²) >= 11 is 6.42. The van der Waals surface area contributed by atoms with Gasteiger partial charge in [0, 0.05) is 22.7 Å². The molecule has 0 saturated heterocycles. The van der Waals surface area contributed by atoms with Gasteiger partial charge in [0.25, 0.3) is 0 Å². The number of benzene rings is 1. The number of rotatable bonds is 3. The van der Waals surface area contributed by atoms with Crippen LogP contribution in [-0.4, -0.2) is 5.78 Å². The predicted octanol–water partition coefficient (Wildman–Crippen LogP) is 5.32. The van der Waals surface area contributed by atoms with E-state index in [0.29, 0.717) is 12.2 Å². The topological polar surface area (TPSA) is 43.1 Å². The van der Waals surface area contributed by atoms with E-state index in [2.05, 4.69) is 6.92 Å². The van der Waals surface area contributed by atoms with Crippen LogP contribution < -0.4 is 5.73 Å². The number of nitrogens with two attached hydrogens (primary N) is 1. The van der Waals surface area contributed by atoms with E-state index in [1.807, 2.05) is 18.2 Å². The lowest BCUT2D eigenvalue weighted by Crippen LogP contribution is -2.02. The summed E-state index contributed by atoms with van der Waals surface area (Å²) in [7, 11) is 0. The molecule has 0 amide bonds.